The summed E-state index contributed by atoms with van der Waals surface area (Å²) in [5.74, 6) is 0.657. The van der Waals surface area contributed by atoms with E-state index >= 15 is 0 Å². The first-order valence-corrected chi connectivity index (χ1v) is 13.6. The van der Waals surface area contributed by atoms with E-state index in [0.29, 0.717) is 22.7 Å². The van der Waals surface area contributed by atoms with Crippen LogP contribution in [0.1, 0.15) is 21.2 Å². The molecule has 0 aromatic heterocycles. The Kier molecular flexibility index (Phi) is 8.32. The van der Waals surface area contributed by atoms with Gasteiger partial charge in [-0.3, -0.25) is 9.59 Å². The number of thioether (sulfide) groups is 1. The number of hydrogen-bond donors (Lipinski definition) is 2. The average Bonchev–Trinajstić information content (AvgIpc) is 3.00. The van der Waals surface area contributed by atoms with Crippen molar-refractivity contribution in [2.45, 2.75) is 10.1 Å². The molecule has 0 bridgehead atoms. The Hall–Kier alpha value is -4.75. The van der Waals surface area contributed by atoms with Gasteiger partial charge in [-0.25, -0.2) is 0 Å². The van der Waals surface area contributed by atoms with Gasteiger partial charge in [-0.15, -0.1) is 11.8 Å². The molecular formula is C33H28N2O4S. The number of ether oxygens (including phenoxy) is 2. The maximum Gasteiger partial charge on any atom is 0.255 e. The Morgan fingerprint density at radius 2 is 1.40 bits per heavy atom. The Balaban J connectivity index is 1.32. The molecule has 0 aliphatic carbocycles. The van der Waals surface area contributed by atoms with E-state index in [1.165, 1.54) is 18.9 Å². The van der Waals surface area contributed by atoms with Gasteiger partial charge in [0.25, 0.3) is 5.91 Å². The normalized spacial score (nSPS) is 11.4. The zero-order valence-electron chi connectivity index (χ0n) is 22.1. The van der Waals surface area contributed by atoms with Crippen molar-refractivity contribution in [2.75, 3.05) is 24.9 Å². The smallest absolute Gasteiger partial charge is 0.255 e. The Morgan fingerprint density at radius 1 is 0.700 bits per heavy atom. The minimum Gasteiger partial charge on any atom is -0.493 e. The summed E-state index contributed by atoms with van der Waals surface area (Å²) in [6.45, 7) is 0. The van der Waals surface area contributed by atoms with Crippen molar-refractivity contribution < 1.29 is 19.1 Å². The second kappa shape index (κ2) is 12.4. The Bertz CT molecular complexity index is 1630. The van der Waals surface area contributed by atoms with Crippen LogP contribution < -0.4 is 20.1 Å². The van der Waals surface area contributed by atoms with Crippen LogP contribution in [-0.2, 0) is 4.79 Å². The summed E-state index contributed by atoms with van der Waals surface area (Å²) in [6.07, 6.45) is 0. The number of benzene rings is 5. The number of anilines is 2. The molecule has 7 heteroatoms. The van der Waals surface area contributed by atoms with Gasteiger partial charge in [-0.2, -0.15) is 0 Å². The highest BCUT2D eigenvalue weighted by molar-refractivity contribution is 8.00. The van der Waals surface area contributed by atoms with E-state index in [2.05, 4.69) is 10.6 Å². The lowest BCUT2D eigenvalue weighted by atomic mass is 10.1. The van der Waals surface area contributed by atoms with Gasteiger partial charge in [0.05, 0.1) is 14.2 Å². The topological polar surface area (TPSA) is 76.7 Å². The number of carbonyl (C=O) groups is 2. The van der Waals surface area contributed by atoms with Gasteiger partial charge >= 0.3 is 0 Å². The molecule has 0 heterocycles. The number of nitrogens with one attached hydrogen (secondary N) is 2. The maximum absolute atomic E-state index is 13.6. The minimum absolute atomic E-state index is 0.113. The lowest BCUT2D eigenvalue weighted by Gasteiger charge is -2.18. The van der Waals surface area contributed by atoms with Gasteiger partial charge in [0.1, 0.15) is 5.25 Å². The van der Waals surface area contributed by atoms with E-state index in [1.807, 2.05) is 97.1 Å². The minimum atomic E-state index is -0.479. The number of methoxy groups -OCH3 is 2. The molecule has 0 saturated carbocycles. The maximum atomic E-state index is 13.6. The summed E-state index contributed by atoms with van der Waals surface area (Å²) < 4.78 is 10.6. The van der Waals surface area contributed by atoms with Crippen molar-refractivity contribution in [2.24, 2.45) is 0 Å². The molecule has 5 rings (SSSR count). The SMILES string of the molecule is COc1ccc(C(=O)Nc2ccc(SC(C(=O)Nc3cccc4ccccc34)c3ccccc3)cc2)cc1OC. The quantitative estimate of drug-likeness (QED) is 0.186. The van der Waals surface area contributed by atoms with E-state index in [0.717, 1.165) is 26.9 Å². The molecular weight excluding hydrogens is 520 g/mol. The predicted molar refractivity (Wildman–Crippen MR) is 162 cm³/mol. The summed E-state index contributed by atoms with van der Waals surface area (Å²) >= 11 is 1.45. The van der Waals surface area contributed by atoms with Crippen LogP contribution in [0, 0.1) is 0 Å². The molecule has 0 saturated heterocycles. The Morgan fingerprint density at radius 3 is 2.15 bits per heavy atom. The standard InChI is InChI=1S/C33H28N2O4S/c1-38-29-20-15-24(21-30(29)39-2)32(36)34-25-16-18-26(19-17-25)40-31(23-10-4-3-5-11-23)33(37)35-28-14-8-12-22-9-6-7-13-27(22)28/h3-21,31H,1-2H3,(H,34,36)(H,35,37). The third kappa shape index (κ3) is 6.11. The summed E-state index contributed by atoms with van der Waals surface area (Å²) in [5.41, 5.74) is 2.76. The number of fused-ring (bicyclic) bond motifs is 1. The second-order valence-electron chi connectivity index (χ2n) is 8.97. The van der Waals surface area contributed by atoms with Gasteiger partial charge < -0.3 is 20.1 Å². The zero-order valence-corrected chi connectivity index (χ0v) is 22.9. The van der Waals surface area contributed by atoms with Crippen molar-refractivity contribution in [1.82, 2.24) is 0 Å². The van der Waals surface area contributed by atoms with Crippen LogP contribution in [0.4, 0.5) is 11.4 Å². The highest BCUT2D eigenvalue weighted by Crippen LogP contribution is 2.37. The van der Waals surface area contributed by atoms with Crippen molar-refractivity contribution in [3.8, 4) is 11.5 Å². The molecule has 6 nitrogen and oxygen atoms in total. The second-order valence-corrected chi connectivity index (χ2v) is 10.2. The molecule has 2 N–H and O–H groups in total. The van der Waals surface area contributed by atoms with Crippen LogP contribution in [0.5, 0.6) is 11.5 Å². The lowest BCUT2D eigenvalue weighted by Crippen LogP contribution is -2.19. The number of carbonyl (C=O) groups excluding carboxylic acids is 2. The van der Waals surface area contributed by atoms with Crippen LogP contribution in [-0.4, -0.2) is 26.0 Å². The van der Waals surface area contributed by atoms with Crippen molar-refractivity contribution in [1.29, 1.82) is 0 Å². The molecule has 0 aliphatic heterocycles. The van der Waals surface area contributed by atoms with Crippen LogP contribution in [0.3, 0.4) is 0 Å². The number of rotatable bonds is 9. The molecule has 0 radical (unpaired) electrons. The average molecular weight is 549 g/mol. The highest BCUT2D eigenvalue weighted by Gasteiger charge is 2.23. The first-order valence-electron chi connectivity index (χ1n) is 12.7. The zero-order chi connectivity index (χ0) is 27.9. The molecule has 2 amide bonds. The predicted octanol–water partition coefficient (Wildman–Crippen LogP) is 7.58. The van der Waals surface area contributed by atoms with Crippen LogP contribution in [0.25, 0.3) is 10.8 Å². The fourth-order valence-electron chi connectivity index (χ4n) is 4.37. The molecule has 1 atom stereocenters. The van der Waals surface area contributed by atoms with Crippen LogP contribution in [0.15, 0.2) is 120 Å². The summed E-state index contributed by atoms with van der Waals surface area (Å²) in [7, 11) is 3.08. The summed E-state index contributed by atoms with van der Waals surface area (Å²) in [5, 5.41) is 7.62. The van der Waals surface area contributed by atoms with Gasteiger partial charge in [0.2, 0.25) is 5.91 Å². The monoisotopic (exact) mass is 548 g/mol. The van der Waals surface area contributed by atoms with Gasteiger partial charge in [0.15, 0.2) is 11.5 Å². The van der Waals surface area contributed by atoms with Gasteiger partial charge in [-0.05, 0) is 59.5 Å². The molecule has 0 fully saturated rings. The first kappa shape index (κ1) is 26.8. The van der Waals surface area contributed by atoms with Crippen molar-refractivity contribution in [3.05, 3.63) is 126 Å². The van der Waals surface area contributed by atoms with E-state index in [-0.39, 0.29) is 11.8 Å². The lowest BCUT2D eigenvalue weighted by molar-refractivity contribution is -0.115. The molecule has 5 aromatic rings. The first-order chi connectivity index (χ1) is 19.6. The molecule has 0 spiro atoms. The summed E-state index contributed by atoms with van der Waals surface area (Å²) in [6, 6.07) is 36.0. The fraction of sp³-hybridized carbons (Fsp3) is 0.0909. The fourth-order valence-corrected chi connectivity index (χ4v) is 5.39. The number of hydrogen-bond acceptors (Lipinski definition) is 5. The molecule has 200 valence electrons. The molecule has 40 heavy (non-hydrogen) atoms. The third-order valence-electron chi connectivity index (χ3n) is 6.40. The van der Waals surface area contributed by atoms with Gasteiger partial charge in [-0.1, -0.05) is 66.7 Å². The van der Waals surface area contributed by atoms with Crippen LogP contribution >= 0.6 is 11.8 Å². The molecule has 5 aromatic carbocycles. The largest absolute Gasteiger partial charge is 0.493 e. The highest BCUT2D eigenvalue weighted by atomic mass is 32.2. The third-order valence-corrected chi connectivity index (χ3v) is 7.67. The van der Waals surface area contributed by atoms with Crippen molar-refractivity contribution in [3.63, 3.8) is 0 Å². The number of amides is 2. The van der Waals surface area contributed by atoms with E-state index in [9.17, 15) is 9.59 Å². The van der Waals surface area contributed by atoms with Crippen LogP contribution in [0.2, 0.25) is 0 Å². The molecule has 0 aliphatic rings. The van der Waals surface area contributed by atoms with Crippen molar-refractivity contribution >= 4 is 45.7 Å². The van der Waals surface area contributed by atoms with E-state index in [4.69, 9.17) is 9.47 Å². The van der Waals surface area contributed by atoms with E-state index in [1.54, 1.807) is 25.3 Å². The molecule has 1 unspecified atom stereocenters. The van der Waals surface area contributed by atoms with E-state index < -0.39 is 5.25 Å². The summed E-state index contributed by atoms with van der Waals surface area (Å²) in [4.78, 5) is 27.3. The Labute approximate surface area is 237 Å². The van der Waals surface area contributed by atoms with Gasteiger partial charge in [0, 0.05) is 27.2 Å².